The summed E-state index contributed by atoms with van der Waals surface area (Å²) in [4.78, 5) is 11.4. The molecule has 0 saturated heterocycles. The largest absolute Gasteiger partial charge is 0.463 e. The van der Waals surface area contributed by atoms with Gasteiger partial charge in [-0.3, -0.25) is 9.35 Å². The minimum absolute atomic E-state index is 0.0539. The number of hydrogen-bond acceptors (Lipinski definition) is 5. The van der Waals surface area contributed by atoms with Gasteiger partial charge in [0.2, 0.25) is 0 Å². The zero-order valence-corrected chi connectivity index (χ0v) is 19.0. The molecule has 1 unspecified atom stereocenters. The maximum Gasteiger partial charge on any atom is 0.397 e. The predicted octanol–water partition coefficient (Wildman–Crippen LogP) is 6.00. The van der Waals surface area contributed by atoms with Crippen LogP contribution in [0, 0.1) is 0 Å². The van der Waals surface area contributed by atoms with Gasteiger partial charge in [-0.2, -0.15) is 8.42 Å². The standard InChI is InChI=1S/C21H42O6S/c1-4-5-6-7-10-13-16-20(27-28(23,24)25)17-14-11-8-9-12-15-18-21(22)26-19(2)3/h19-20H,4-18H2,1-3H3,(H,23,24,25). The van der Waals surface area contributed by atoms with Crippen molar-refractivity contribution in [2.45, 2.75) is 129 Å². The minimum atomic E-state index is -4.39. The zero-order chi connectivity index (χ0) is 21.3. The van der Waals surface area contributed by atoms with Gasteiger partial charge in [-0.05, 0) is 33.1 Å². The summed E-state index contributed by atoms with van der Waals surface area (Å²) in [7, 11) is -4.39. The summed E-state index contributed by atoms with van der Waals surface area (Å²) in [6.07, 6.45) is 14.0. The Balaban J connectivity index is 3.82. The zero-order valence-electron chi connectivity index (χ0n) is 18.2. The summed E-state index contributed by atoms with van der Waals surface area (Å²) < 4.78 is 41.0. The molecule has 0 heterocycles. The Morgan fingerprint density at radius 2 is 1.29 bits per heavy atom. The van der Waals surface area contributed by atoms with E-state index in [4.69, 9.17) is 13.5 Å². The molecule has 6 nitrogen and oxygen atoms in total. The molecule has 0 spiro atoms. The molecule has 0 fully saturated rings. The third kappa shape index (κ3) is 20.1. The average Bonchev–Trinajstić information content (AvgIpc) is 2.58. The molecule has 0 aromatic rings. The molecule has 7 heteroatoms. The van der Waals surface area contributed by atoms with Crippen molar-refractivity contribution in [1.82, 2.24) is 0 Å². The van der Waals surface area contributed by atoms with Gasteiger partial charge in [0.25, 0.3) is 0 Å². The summed E-state index contributed by atoms with van der Waals surface area (Å²) in [5, 5.41) is 0. The van der Waals surface area contributed by atoms with Gasteiger partial charge in [0.05, 0.1) is 12.2 Å². The van der Waals surface area contributed by atoms with E-state index in [0.717, 1.165) is 57.8 Å². The lowest BCUT2D eigenvalue weighted by molar-refractivity contribution is -0.147. The molecule has 0 saturated carbocycles. The van der Waals surface area contributed by atoms with Crippen LogP contribution in [0.3, 0.4) is 0 Å². The van der Waals surface area contributed by atoms with Crippen LogP contribution in [-0.2, 0) is 24.1 Å². The molecule has 28 heavy (non-hydrogen) atoms. The third-order valence-corrected chi connectivity index (χ3v) is 5.18. The number of hydrogen-bond donors (Lipinski definition) is 1. The Morgan fingerprint density at radius 3 is 1.75 bits per heavy atom. The molecule has 0 aromatic heterocycles. The van der Waals surface area contributed by atoms with Crippen LogP contribution in [0.2, 0.25) is 0 Å². The van der Waals surface area contributed by atoms with Crippen molar-refractivity contribution in [3.63, 3.8) is 0 Å². The van der Waals surface area contributed by atoms with Gasteiger partial charge >= 0.3 is 16.4 Å². The Bertz CT molecular complexity index is 475. The third-order valence-electron chi connectivity index (χ3n) is 4.66. The first-order valence-corrected chi connectivity index (χ1v) is 12.5. The monoisotopic (exact) mass is 422 g/mol. The van der Waals surface area contributed by atoms with Crippen LogP contribution in [0.1, 0.15) is 117 Å². The summed E-state index contributed by atoms with van der Waals surface area (Å²) >= 11 is 0. The molecule has 168 valence electrons. The molecule has 0 aromatic carbocycles. The molecule has 0 aliphatic heterocycles. The van der Waals surface area contributed by atoms with E-state index in [9.17, 15) is 13.2 Å². The van der Waals surface area contributed by atoms with Crippen molar-refractivity contribution in [2.24, 2.45) is 0 Å². The van der Waals surface area contributed by atoms with E-state index in [-0.39, 0.29) is 12.1 Å². The molecule has 0 aliphatic carbocycles. The van der Waals surface area contributed by atoms with Gasteiger partial charge in [-0.15, -0.1) is 0 Å². The molecule has 0 radical (unpaired) electrons. The van der Waals surface area contributed by atoms with E-state index in [0.29, 0.717) is 19.3 Å². The van der Waals surface area contributed by atoms with E-state index >= 15 is 0 Å². The van der Waals surface area contributed by atoms with E-state index in [1.807, 2.05) is 13.8 Å². The van der Waals surface area contributed by atoms with Crippen LogP contribution in [0.4, 0.5) is 0 Å². The highest BCUT2D eigenvalue weighted by molar-refractivity contribution is 7.80. The van der Waals surface area contributed by atoms with Crippen LogP contribution >= 0.6 is 0 Å². The van der Waals surface area contributed by atoms with E-state index in [1.165, 1.54) is 19.3 Å². The summed E-state index contributed by atoms with van der Waals surface area (Å²) in [5.74, 6) is -0.130. The summed E-state index contributed by atoms with van der Waals surface area (Å²) in [6, 6.07) is 0. The molecule has 1 N–H and O–H groups in total. The lowest BCUT2D eigenvalue weighted by Crippen LogP contribution is -2.18. The van der Waals surface area contributed by atoms with Crippen LogP contribution in [-0.4, -0.2) is 31.1 Å². The second-order valence-corrected chi connectivity index (χ2v) is 8.95. The van der Waals surface area contributed by atoms with Crippen molar-refractivity contribution in [2.75, 3.05) is 0 Å². The van der Waals surface area contributed by atoms with Crippen LogP contribution in [0.5, 0.6) is 0 Å². The average molecular weight is 423 g/mol. The quantitative estimate of drug-likeness (QED) is 0.156. The lowest BCUT2D eigenvalue weighted by atomic mass is 10.0. The highest BCUT2D eigenvalue weighted by Gasteiger charge is 2.16. The smallest absolute Gasteiger partial charge is 0.397 e. The van der Waals surface area contributed by atoms with E-state index < -0.39 is 16.5 Å². The normalized spacial score (nSPS) is 13.0. The van der Waals surface area contributed by atoms with E-state index in [2.05, 4.69) is 6.92 Å². The summed E-state index contributed by atoms with van der Waals surface area (Å²) in [6.45, 7) is 5.88. The van der Waals surface area contributed by atoms with Gasteiger partial charge < -0.3 is 4.74 Å². The number of carbonyl (C=O) groups excluding carboxylic acids is 1. The van der Waals surface area contributed by atoms with Crippen molar-refractivity contribution in [3.8, 4) is 0 Å². The number of ether oxygens (including phenoxy) is 1. The Hall–Kier alpha value is -0.660. The lowest BCUT2D eigenvalue weighted by Gasteiger charge is -2.15. The van der Waals surface area contributed by atoms with Gasteiger partial charge in [-0.1, -0.05) is 77.6 Å². The van der Waals surface area contributed by atoms with Gasteiger partial charge in [-0.25, -0.2) is 4.18 Å². The van der Waals surface area contributed by atoms with Gasteiger partial charge in [0.1, 0.15) is 0 Å². The first-order chi connectivity index (χ1) is 13.2. The number of rotatable bonds is 19. The van der Waals surface area contributed by atoms with Crippen LogP contribution in [0.25, 0.3) is 0 Å². The topological polar surface area (TPSA) is 89.9 Å². The number of carbonyl (C=O) groups is 1. The highest BCUT2D eigenvalue weighted by atomic mass is 32.3. The van der Waals surface area contributed by atoms with Gasteiger partial charge in [0.15, 0.2) is 0 Å². The Labute approximate surface area is 172 Å². The molecule has 0 aliphatic rings. The maximum absolute atomic E-state index is 11.4. The van der Waals surface area contributed by atoms with Crippen molar-refractivity contribution in [1.29, 1.82) is 0 Å². The fourth-order valence-electron chi connectivity index (χ4n) is 3.24. The van der Waals surface area contributed by atoms with Crippen LogP contribution in [0.15, 0.2) is 0 Å². The Morgan fingerprint density at radius 1 is 0.821 bits per heavy atom. The molecule has 0 amide bonds. The number of esters is 1. The maximum atomic E-state index is 11.4. The first kappa shape index (κ1) is 27.3. The minimum Gasteiger partial charge on any atom is -0.463 e. The Kier molecular flexibility index (Phi) is 16.8. The van der Waals surface area contributed by atoms with Crippen molar-refractivity contribution >= 4 is 16.4 Å². The fourth-order valence-corrected chi connectivity index (χ4v) is 3.77. The van der Waals surface area contributed by atoms with Crippen LogP contribution < -0.4 is 0 Å². The number of unbranched alkanes of at least 4 members (excludes halogenated alkanes) is 10. The summed E-state index contributed by atoms with van der Waals surface area (Å²) in [5.41, 5.74) is 0. The first-order valence-electron chi connectivity index (χ1n) is 11.1. The van der Waals surface area contributed by atoms with Crippen molar-refractivity contribution in [3.05, 3.63) is 0 Å². The highest BCUT2D eigenvalue weighted by Crippen LogP contribution is 2.18. The molecular weight excluding hydrogens is 380 g/mol. The molecular formula is C21H42O6S. The second-order valence-electron chi connectivity index (χ2n) is 7.90. The van der Waals surface area contributed by atoms with E-state index in [1.54, 1.807) is 0 Å². The fraction of sp³-hybridized carbons (Fsp3) is 0.952. The molecule has 0 rings (SSSR count). The molecule has 0 bridgehead atoms. The second kappa shape index (κ2) is 17.2. The van der Waals surface area contributed by atoms with Crippen molar-refractivity contribution < 1.29 is 26.7 Å². The SMILES string of the molecule is CCCCCCCCC(CCCCCCCCC(=O)OC(C)C)OS(=O)(=O)O. The molecule has 1 atom stereocenters. The van der Waals surface area contributed by atoms with Gasteiger partial charge in [0, 0.05) is 6.42 Å². The predicted molar refractivity (Wildman–Crippen MR) is 113 cm³/mol.